The Bertz CT molecular complexity index is 147. The van der Waals surface area contributed by atoms with Crippen molar-refractivity contribution in [2.45, 2.75) is 25.8 Å². The highest BCUT2D eigenvalue weighted by atomic mass is 16.5. The van der Waals surface area contributed by atoms with Crippen LogP contribution in [0.3, 0.4) is 0 Å². The maximum absolute atomic E-state index is 11.1. The zero-order valence-electron chi connectivity index (χ0n) is 7.09. The van der Waals surface area contributed by atoms with Crippen LogP contribution in [0.15, 0.2) is 0 Å². The Labute approximate surface area is 67.1 Å². The van der Waals surface area contributed by atoms with Crippen LogP contribution in [0.5, 0.6) is 0 Å². The Morgan fingerprint density at radius 1 is 1.73 bits per heavy atom. The predicted molar refractivity (Wildman–Crippen MR) is 42.2 cm³/mol. The standard InChI is InChI=1S/C8H15NO2/c1-3-6-4-5-9-7(6)8(10)11-2/h6-7,9H,3-5H2,1-2H3/t6?,7-/m0/s1. The molecule has 0 aliphatic carbocycles. The molecule has 1 aliphatic rings. The van der Waals surface area contributed by atoms with E-state index in [1.165, 1.54) is 7.11 Å². The average Bonchev–Trinajstić information content (AvgIpc) is 2.50. The van der Waals surface area contributed by atoms with Gasteiger partial charge in [0.25, 0.3) is 0 Å². The van der Waals surface area contributed by atoms with E-state index in [0.717, 1.165) is 19.4 Å². The first-order valence-electron chi connectivity index (χ1n) is 4.10. The number of hydrogen-bond acceptors (Lipinski definition) is 3. The van der Waals surface area contributed by atoms with Crippen LogP contribution in [-0.2, 0) is 9.53 Å². The second-order valence-corrected chi connectivity index (χ2v) is 2.91. The Kier molecular flexibility index (Phi) is 2.88. The number of esters is 1. The van der Waals surface area contributed by atoms with Gasteiger partial charge in [-0.15, -0.1) is 0 Å². The number of nitrogens with one attached hydrogen (secondary N) is 1. The Balaban J connectivity index is 2.49. The molecule has 1 rings (SSSR count). The van der Waals surface area contributed by atoms with E-state index in [9.17, 15) is 4.79 Å². The Morgan fingerprint density at radius 3 is 3.00 bits per heavy atom. The van der Waals surface area contributed by atoms with Crippen LogP contribution < -0.4 is 5.32 Å². The number of carbonyl (C=O) groups is 1. The fraction of sp³-hybridized carbons (Fsp3) is 0.875. The van der Waals surface area contributed by atoms with Gasteiger partial charge in [-0.2, -0.15) is 0 Å². The monoisotopic (exact) mass is 157 g/mol. The maximum atomic E-state index is 11.1. The predicted octanol–water partition coefficient (Wildman–Crippen LogP) is 0.547. The van der Waals surface area contributed by atoms with Gasteiger partial charge < -0.3 is 10.1 Å². The number of hydrogen-bond donors (Lipinski definition) is 1. The summed E-state index contributed by atoms with van der Waals surface area (Å²) in [4.78, 5) is 11.1. The van der Waals surface area contributed by atoms with Gasteiger partial charge in [0.05, 0.1) is 7.11 Å². The summed E-state index contributed by atoms with van der Waals surface area (Å²) >= 11 is 0. The number of rotatable bonds is 2. The molecular formula is C8H15NO2. The third kappa shape index (κ3) is 1.71. The van der Waals surface area contributed by atoms with Crippen LogP contribution in [0.2, 0.25) is 0 Å². The van der Waals surface area contributed by atoms with Crippen molar-refractivity contribution in [2.24, 2.45) is 5.92 Å². The zero-order valence-corrected chi connectivity index (χ0v) is 7.09. The molecule has 0 bridgehead atoms. The molecule has 1 saturated heterocycles. The third-order valence-electron chi connectivity index (χ3n) is 2.33. The fourth-order valence-electron chi connectivity index (χ4n) is 1.60. The first-order chi connectivity index (χ1) is 5.29. The summed E-state index contributed by atoms with van der Waals surface area (Å²) in [6, 6.07) is -0.0509. The van der Waals surface area contributed by atoms with E-state index in [1.54, 1.807) is 0 Å². The van der Waals surface area contributed by atoms with Crippen molar-refractivity contribution in [2.75, 3.05) is 13.7 Å². The molecule has 3 nitrogen and oxygen atoms in total. The highest BCUT2D eigenvalue weighted by Crippen LogP contribution is 2.19. The van der Waals surface area contributed by atoms with Gasteiger partial charge >= 0.3 is 5.97 Å². The molecule has 0 radical (unpaired) electrons. The van der Waals surface area contributed by atoms with Gasteiger partial charge in [0.15, 0.2) is 0 Å². The number of ether oxygens (including phenoxy) is 1. The molecular weight excluding hydrogens is 142 g/mol. The first-order valence-corrected chi connectivity index (χ1v) is 4.10. The van der Waals surface area contributed by atoms with Gasteiger partial charge in [-0.25, -0.2) is 0 Å². The lowest BCUT2D eigenvalue weighted by atomic mass is 9.98. The van der Waals surface area contributed by atoms with E-state index >= 15 is 0 Å². The lowest BCUT2D eigenvalue weighted by molar-refractivity contribution is -0.143. The molecule has 2 atom stereocenters. The third-order valence-corrected chi connectivity index (χ3v) is 2.33. The summed E-state index contributed by atoms with van der Waals surface area (Å²) in [6.07, 6.45) is 2.14. The quantitative estimate of drug-likeness (QED) is 0.595. The SMILES string of the molecule is CCC1CCN[C@@H]1C(=O)OC. The van der Waals surface area contributed by atoms with Crippen LogP contribution >= 0.6 is 0 Å². The summed E-state index contributed by atoms with van der Waals surface area (Å²) in [7, 11) is 1.44. The van der Waals surface area contributed by atoms with E-state index in [4.69, 9.17) is 0 Å². The molecule has 0 saturated carbocycles. The van der Waals surface area contributed by atoms with Crippen LogP contribution in [0.1, 0.15) is 19.8 Å². The molecule has 0 aromatic rings. The van der Waals surface area contributed by atoms with E-state index in [1.807, 2.05) is 0 Å². The molecule has 64 valence electrons. The molecule has 3 heteroatoms. The topological polar surface area (TPSA) is 38.3 Å². The number of carbonyl (C=O) groups excluding carboxylic acids is 1. The average molecular weight is 157 g/mol. The molecule has 1 unspecified atom stereocenters. The lowest BCUT2D eigenvalue weighted by Crippen LogP contribution is -2.36. The molecule has 11 heavy (non-hydrogen) atoms. The summed E-state index contributed by atoms with van der Waals surface area (Å²) in [5.74, 6) is 0.358. The van der Waals surface area contributed by atoms with Crippen molar-refractivity contribution in [3.05, 3.63) is 0 Å². The van der Waals surface area contributed by atoms with Gasteiger partial charge in [0.2, 0.25) is 0 Å². The molecule has 1 aliphatic heterocycles. The Morgan fingerprint density at radius 2 is 2.45 bits per heavy atom. The van der Waals surface area contributed by atoms with E-state index in [-0.39, 0.29) is 12.0 Å². The molecule has 0 amide bonds. The van der Waals surface area contributed by atoms with Crippen LogP contribution in [0, 0.1) is 5.92 Å². The highest BCUT2D eigenvalue weighted by molar-refractivity contribution is 5.76. The summed E-state index contributed by atoms with van der Waals surface area (Å²) in [6.45, 7) is 3.05. The van der Waals surface area contributed by atoms with E-state index in [2.05, 4.69) is 17.0 Å². The number of methoxy groups -OCH3 is 1. The van der Waals surface area contributed by atoms with Gasteiger partial charge in [-0.3, -0.25) is 4.79 Å². The second kappa shape index (κ2) is 3.72. The van der Waals surface area contributed by atoms with Crippen molar-refractivity contribution in [3.8, 4) is 0 Å². The van der Waals surface area contributed by atoms with Crippen LogP contribution in [-0.4, -0.2) is 25.7 Å². The second-order valence-electron chi connectivity index (χ2n) is 2.91. The van der Waals surface area contributed by atoms with E-state index < -0.39 is 0 Å². The largest absolute Gasteiger partial charge is 0.468 e. The van der Waals surface area contributed by atoms with Crippen molar-refractivity contribution < 1.29 is 9.53 Å². The lowest BCUT2D eigenvalue weighted by Gasteiger charge is -2.14. The van der Waals surface area contributed by atoms with Crippen LogP contribution in [0.4, 0.5) is 0 Å². The minimum absolute atomic E-state index is 0.0509. The first kappa shape index (κ1) is 8.53. The van der Waals surface area contributed by atoms with Crippen molar-refractivity contribution in [1.29, 1.82) is 0 Å². The molecule has 1 N–H and O–H groups in total. The molecule has 0 aromatic heterocycles. The van der Waals surface area contributed by atoms with Crippen molar-refractivity contribution >= 4 is 5.97 Å². The minimum Gasteiger partial charge on any atom is -0.468 e. The minimum atomic E-state index is -0.116. The van der Waals surface area contributed by atoms with Gasteiger partial charge in [-0.05, 0) is 18.9 Å². The smallest absolute Gasteiger partial charge is 0.323 e. The van der Waals surface area contributed by atoms with E-state index in [0.29, 0.717) is 5.92 Å². The summed E-state index contributed by atoms with van der Waals surface area (Å²) in [5, 5.41) is 3.13. The highest BCUT2D eigenvalue weighted by Gasteiger charge is 2.31. The van der Waals surface area contributed by atoms with Gasteiger partial charge in [0, 0.05) is 0 Å². The summed E-state index contributed by atoms with van der Waals surface area (Å²) in [5.41, 5.74) is 0. The molecule has 1 heterocycles. The van der Waals surface area contributed by atoms with Crippen molar-refractivity contribution in [3.63, 3.8) is 0 Å². The zero-order chi connectivity index (χ0) is 8.27. The summed E-state index contributed by atoms with van der Waals surface area (Å²) < 4.78 is 4.66. The maximum Gasteiger partial charge on any atom is 0.323 e. The van der Waals surface area contributed by atoms with Gasteiger partial charge in [0.1, 0.15) is 6.04 Å². The molecule has 1 fully saturated rings. The molecule has 0 spiro atoms. The Hall–Kier alpha value is -0.570. The normalized spacial score (nSPS) is 30.4. The molecule has 0 aromatic carbocycles. The fourth-order valence-corrected chi connectivity index (χ4v) is 1.60. The van der Waals surface area contributed by atoms with Crippen LogP contribution in [0.25, 0.3) is 0 Å². The van der Waals surface area contributed by atoms with Crippen molar-refractivity contribution in [1.82, 2.24) is 5.32 Å². The van der Waals surface area contributed by atoms with Gasteiger partial charge in [-0.1, -0.05) is 13.3 Å².